The lowest BCUT2D eigenvalue weighted by molar-refractivity contribution is -0.157. The highest BCUT2D eigenvalue weighted by atomic mass is 16.5. The third-order valence-corrected chi connectivity index (χ3v) is 6.51. The molecule has 0 radical (unpaired) electrons. The molecule has 0 unspecified atom stereocenters. The quantitative estimate of drug-likeness (QED) is 0.290. The van der Waals surface area contributed by atoms with Gasteiger partial charge in [0.2, 0.25) is 11.7 Å². The van der Waals surface area contributed by atoms with Gasteiger partial charge in [-0.3, -0.25) is 19.4 Å². The van der Waals surface area contributed by atoms with E-state index in [4.69, 9.17) is 9.47 Å². The number of hydrogen-bond acceptors (Lipinski definition) is 8. The minimum Gasteiger partial charge on any atom is -0.453 e. The summed E-state index contributed by atoms with van der Waals surface area (Å²) < 4.78 is 11.1. The number of esters is 1. The molecule has 1 aliphatic rings. The Morgan fingerprint density at radius 1 is 1.00 bits per heavy atom. The Morgan fingerprint density at radius 3 is 2.42 bits per heavy atom. The van der Waals surface area contributed by atoms with Crippen LogP contribution in [0.2, 0.25) is 0 Å². The first-order valence-corrected chi connectivity index (χ1v) is 12.4. The fraction of sp³-hybridized carbons (Fsp3) is 0.286. The van der Waals surface area contributed by atoms with Gasteiger partial charge in [-0.2, -0.15) is 0 Å². The third kappa shape index (κ3) is 5.39. The number of para-hydroxylation sites is 2. The molecule has 3 heterocycles. The molecule has 0 spiro atoms. The van der Waals surface area contributed by atoms with Crippen molar-refractivity contribution in [2.45, 2.75) is 38.7 Å². The van der Waals surface area contributed by atoms with Crippen molar-refractivity contribution in [3.8, 4) is 11.6 Å². The number of benzene rings is 2. The summed E-state index contributed by atoms with van der Waals surface area (Å²) in [4.78, 5) is 54.7. The van der Waals surface area contributed by atoms with E-state index < -0.39 is 12.1 Å². The number of fused-ring (bicyclic) bond motifs is 1. The largest absolute Gasteiger partial charge is 0.453 e. The van der Waals surface area contributed by atoms with Crippen molar-refractivity contribution in [3.05, 3.63) is 78.0 Å². The lowest BCUT2D eigenvalue weighted by Crippen LogP contribution is -2.44. The molecule has 0 saturated carbocycles. The highest BCUT2D eigenvalue weighted by molar-refractivity contribution is 6.08. The molecule has 1 atom stereocenters. The van der Waals surface area contributed by atoms with Crippen molar-refractivity contribution in [2.24, 2.45) is 0 Å². The third-order valence-electron chi connectivity index (χ3n) is 6.51. The summed E-state index contributed by atoms with van der Waals surface area (Å²) in [7, 11) is 0. The van der Waals surface area contributed by atoms with Crippen LogP contribution >= 0.6 is 0 Å². The summed E-state index contributed by atoms with van der Waals surface area (Å²) >= 11 is 0. The topological polar surface area (TPSA) is 127 Å². The van der Waals surface area contributed by atoms with Crippen molar-refractivity contribution in [1.29, 1.82) is 0 Å². The Morgan fingerprint density at radius 2 is 1.71 bits per heavy atom. The number of amides is 1. The molecular formula is C28H27N5O5. The highest BCUT2D eigenvalue weighted by Crippen LogP contribution is 2.34. The second-order valence-electron chi connectivity index (χ2n) is 9.16. The van der Waals surface area contributed by atoms with Gasteiger partial charge in [0, 0.05) is 43.9 Å². The number of piperidine rings is 1. The number of aromatic nitrogens is 4. The Hall–Kier alpha value is -4.60. The van der Waals surface area contributed by atoms with Gasteiger partial charge in [0.05, 0.1) is 11.0 Å². The molecule has 10 nitrogen and oxygen atoms in total. The molecule has 1 N–H and O–H groups in total. The van der Waals surface area contributed by atoms with Crippen LogP contribution in [0.3, 0.4) is 0 Å². The second kappa shape index (κ2) is 10.8. The van der Waals surface area contributed by atoms with E-state index in [-0.39, 0.29) is 23.4 Å². The molecule has 2 aromatic carbocycles. The number of nitrogens with one attached hydrogen (secondary N) is 1. The summed E-state index contributed by atoms with van der Waals surface area (Å²) in [6.07, 6.45) is 3.74. The number of carbonyl (C=O) groups excluding carboxylic acids is 3. The monoisotopic (exact) mass is 513 g/mol. The molecule has 194 valence electrons. The predicted molar refractivity (Wildman–Crippen MR) is 138 cm³/mol. The zero-order valence-corrected chi connectivity index (χ0v) is 21.1. The second-order valence-corrected chi connectivity index (χ2v) is 9.16. The Labute approximate surface area is 219 Å². The molecule has 4 aromatic rings. The lowest BCUT2D eigenvalue weighted by atomic mass is 9.93. The number of likely N-dealkylation sites (tertiary alicyclic amines) is 1. The van der Waals surface area contributed by atoms with Crippen molar-refractivity contribution < 1.29 is 23.9 Å². The van der Waals surface area contributed by atoms with Gasteiger partial charge in [0.1, 0.15) is 11.4 Å². The Balaban J connectivity index is 1.24. The summed E-state index contributed by atoms with van der Waals surface area (Å²) in [6.45, 7) is 3.91. The van der Waals surface area contributed by atoms with Crippen LogP contribution in [0.15, 0.2) is 60.9 Å². The molecule has 0 aliphatic carbocycles. The van der Waals surface area contributed by atoms with Crippen LogP contribution in [0.25, 0.3) is 11.0 Å². The maximum Gasteiger partial charge on any atom is 0.303 e. The maximum atomic E-state index is 12.9. The zero-order chi connectivity index (χ0) is 26.6. The molecule has 0 bridgehead atoms. The van der Waals surface area contributed by atoms with Crippen molar-refractivity contribution in [2.75, 3.05) is 13.1 Å². The van der Waals surface area contributed by atoms with Crippen LogP contribution in [-0.2, 0) is 14.3 Å². The number of nitrogens with zero attached hydrogens (tertiary/aromatic N) is 4. The summed E-state index contributed by atoms with van der Waals surface area (Å²) in [6, 6.07) is 14.3. The summed E-state index contributed by atoms with van der Waals surface area (Å²) in [5.74, 6) is 0.361. The summed E-state index contributed by atoms with van der Waals surface area (Å²) in [5, 5.41) is 0. The van der Waals surface area contributed by atoms with Crippen molar-refractivity contribution >= 4 is 28.7 Å². The first kappa shape index (κ1) is 25.1. The molecule has 1 aliphatic heterocycles. The fourth-order valence-electron chi connectivity index (χ4n) is 4.61. The van der Waals surface area contributed by atoms with E-state index in [1.807, 2.05) is 24.3 Å². The lowest BCUT2D eigenvalue weighted by Gasteiger charge is -2.33. The standard InChI is InChI=1S/C28H27N5O5/c1-17(37-18(2)34)28(36)33-15-11-19(12-16-33)24-27(30-14-13-29-24)38-21-9-7-20(8-10-21)25(35)26-31-22-5-3-4-6-23(22)32-26/h3-10,13-14,17,19H,11-12,15-16H2,1-2H3,(H,31,32)/t17-/m0/s1. The van der Waals surface area contributed by atoms with Gasteiger partial charge in [-0.25, -0.2) is 9.97 Å². The average molecular weight is 514 g/mol. The van der Waals surface area contributed by atoms with E-state index in [9.17, 15) is 14.4 Å². The van der Waals surface area contributed by atoms with E-state index in [0.29, 0.717) is 43.1 Å². The van der Waals surface area contributed by atoms with Crippen LogP contribution in [0.4, 0.5) is 0 Å². The number of hydrogen-bond donors (Lipinski definition) is 1. The van der Waals surface area contributed by atoms with Crippen LogP contribution in [0.5, 0.6) is 11.6 Å². The van der Waals surface area contributed by atoms with Crippen LogP contribution in [0, 0.1) is 0 Å². The van der Waals surface area contributed by atoms with Crippen LogP contribution in [-0.4, -0.2) is 61.7 Å². The van der Waals surface area contributed by atoms with Crippen LogP contribution < -0.4 is 4.74 Å². The SMILES string of the molecule is CC(=O)O[C@@H](C)C(=O)N1CCC(c2nccnc2Oc2ccc(C(=O)c3nc4ccccc4[nH]3)cc2)CC1. The molecule has 38 heavy (non-hydrogen) atoms. The van der Waals surface area contributed by atoms with Gasteiger partial charge in [-0.1, -0.05) is 12.1 Å². The van der Waals surface area contributed by atoms with Crippen LogP contribution in [0.1, 0.15) is 54.5 Å². The summed E-state index contributed by atoms with van der Waals surface area (Å²) in [5.41, 5.74) is 2.74. The molecule has 1 fully saturated rings. The molecular weight excluding hydrogens is 486 g/mol. The Kier molecular flexibility index (Phi) is 7.12. The van der Waals surface area contributed by atoms with Gasteiger partial charge in [-0.15, -0.1) is 0 Å². The maximum absolute atomic E-state index is 12.9. The molecule has 5 rings (SSSR count). The number of rotatable bonds is 7. The van der Waals surface area contributed by atoms with Crippen molar-refractivity contribution in [1.82, 2.24) is 24.8 Å². The van der Waals surface area contributed by atoms with Gasteiger partial charge >= 0.3 is 5.97 Å². The minimum atomic E-state index is -0.804. The number of H-pyrrole nitrogens is 1. The molecule has 1 amide bonds. The van der Waals surface area contributed by atoms with Gasteiger partial charge in [0.25, 0.3) is 5.91 Å². The van der Waals surface area contributed by atoms with E-state index in [1.165, 1.54) is 6.92 Å². The minimum absolute atomic E-state index is 0.0562. The zero-order valence-electron chi connectivity index (χ0n) is 21.1. The normalized spacial score (nSPS) is 14.7. The first-order valence-electron chi connectivity index (χ1n) is 12.4. The Bertz CT molecular complexity index is 1440. The average Bonchev–Trinajstić information content (AvgIpc) is 3.37. The first-order chi connectivity index (χ1) is 18.4. The van der Waals surface area contributed by atoms with E-state index >= 15 is 0 Å². The predicted octanol–water partition coefficient (Wildman–Crippen LogP) is 4.03. The number of ether oxygens (including phenoxy) is 2. The number of ketones is 1. The van der Waals surface area contributed by atoms with E-state index in [2.05, 4.69) is 19.9 Å². The number of carbonyl (C=O) groups is 3. The highest BCUT2D eigenvalue weighted by Gasteiger charge is 2.30. The van der Waals surface area contributed by atoms with Gasteiger partial charge in [-0.05, 0) is 56.2 Å². The fourth-order valence-corrected chi connectivity index (χ4v) is 4.61. The van der Waals surface area contributed by atoms with Gasteiger partial charge in [0.15, 0.2) is 11.9 Å². The molecule has 2 aromatic heterocycles. The van der Waals surface area contributed by atoms with E-state index in [1.54, 1.807) is 48.5 Å². The molecule has 10 heteroatoms. The number of imidazole rings is 1. The smallest absolute Gasteiger partial charge is 0.303 e. The van der Waals surface area contributed by atoms with Crippen molar-refractivity contribution in [3.63, 3.8) is 0 Å². The van der Waals surface area contributed by atoms with Gasteiger partial charge < -0.3 is 19.4 Å². The molecule has 1 saturated heterocycles. The van der Waals surface area contributed by atoms with E-state index in [0.717, 1.165) is 16.7 Å². The number of aromatic amines is 1.